The molecule has 0 aliphatic carbocycles. The molecule has 12 heterocycles. The molecule has 12 aromatic heterocycles. The third kappa shape index (κ3) is 36.8. The molecule has 0 radical (unpaired) electrons. The quantitative estimate of drug-likeness (QED) is 0.104. The lowest BCUT2D eigenvalue weighted by atomic mass is 10.0. The maximum Gasteiger partial charge on any atom is 0.248 e. The van der Waals surface area contributed by atoms with E-state index in [4.69, 9.17) is 23.8 Å². The molecule has 0 saturated heterocycles. The van der Waals surface area contributed by atoms with E-state index in [2.05, 4.69) is 277 Å². The summed E-state index contributed by atoms with van der Waals surface area (Å²) in [6, 6.07) is 92.5. The number of thiophene rings is 3. The lowest BCUT2D eigenvalue weighted by Gasteiger charge is -2.09. The summed E-state index contributed by atoms with van der Waals surface area (Å²) in [5, 5.41) is 27.8. The van der Waals surface area contributed by atoms with Crippen LogP contribution < -0.4 is 0 Å². The summed E-state index contributed by atoms with van der Waals surface area (Å²) in [6.45, 7) is 45.7. The van der Waals surface area contributed by atoms with Gasteiger partial charge in [0.25, 0.3) is 0 Å². The average Bonchev–Trinajstić information content (AvgIpc) is 1.70. The number of benzene rings is 9. The first-order chi connectivity index (χ1) is 69.9. The van der Waals surface area contributed by atoms with Crippen LogP contribution in [-0.4, -0.2) is 100 Å². The normalized spacial score (nSPS) is 9.78. The second kappa shape index (κ2) is 62.3. The number of hydrogen-bond acceptors (Lipinski definition) is 26. The summed E-state index contributed by atoms with van der Waals surface area (Å²) in [4.78, 5) is 66.5. The molecule has 0 N–H and O–H groups in total. The van der Waals surface area contributed by atoms with Crippen molar-refractivity contribution >= 4 is 45.3 Å². The predicted molar refractivity (Wildman–Crippen MR) is 594 cm³/mol. The van der Waals surface area contributed by atoms with Gasteiger partial charge in [-0.25, -0.2) is 59.8 Å². The molecule has 730 valence electrons. The second-order valence-electron chi connectivity index (χ2n) is 29.6. The van der Waals surface area contributed by atoms with Crippen molar-refractivity contribution < 1.29 is 8.83 Å². The van der Waals surface area contributed by atoms with Crippen LogP contribution in [0.5, 0.6) is 0 Å². The summed E-state index contributed by atoms with van der Waals surface area (Å²) >= 11 is 7.14. The molecule has 21 aromatic rings. The molecule has 0 fully saturated rings. The fraction of sp³-hybridized carbons (Fsp3) is 0.197. The number of hydrogen-bond donors (Lipinski definition) is 0. The van der Waals surface area contributed by atoms with Crippen LogP contribution in [0.2, 0.25) is 0 Å². The SMILES string of the molecule is CC.CC.CC.CC.CC.CC.Cc1ccc(-c2cc(-c3cccs3)cc(-c3ccc(C)s3)c2)s1.Cc1ccc(-c2nc(-c3ccc(C)cc3)nc(-c3ccc(C)cc3)n2)cc1.Cc1cnc(-c2cc(-c3ncccn3)cc(-c3ncc(C)cn3)c2)nc1.Cc1ncnc(C)n1.Cc1nnc(C)o1.c1ccc(-c2nnc(-c3ccccc3)o2)cc1.c1ccc(-c2nnc(-c3ccccc3)s2)cc1.c1cnccn1. The van der Waals surface area contributed by atoms with Gasteiger partial charge in [-0.05, 0) is 193 Å². The monoisotopic (exact) mass is 1970 g/mol. The fourth-order valence-electron chi connectivity index (χ4n) is 12.5. The largest absolute Gasteiger partial charge is 0.426 e. The van der Waals surface area contributed by atoms with Gasteiger partial charge in [-0.2, -0.15) is 0 Å². The van der Waals surface area contributed by atoms with Crippen LogP contribution in [0.15, 0.2) is 355 Å². The highest BCUT2D eigenvalue weighted by molar-refractivity contribution is 7.18. The van der Waals surface area contributed by atoms with Gasteiger partial charge >= 0.3 is 0 Å². The van der Waals surface area contributed by atoms with E-state index >= 15 is 0 Å². The second-order valence-corrected chi connectivity index (χ2v) is 34.1. The summed E-state index contributed by atoms with van der Waals surface area (Å²) < 4.78 is 10.5. The van der Waals surface area contributed by atoms with Gasteiger partial charge in [-0.15, -0.1) is 64.6 Å². The Balaban J connectivity index is 0.000000204. The third-order valence-electron chi connectivity index (χ3n) is 19.0. The molecular formula is C117H126N20O2S4. The van der Waals surface area contributed by atoms with Crippen LogP contribution in [0.4, 0.5) is 0 Å². The molecule has 0 aliphatic heterocycles. The van der Waals surface area contributed by atoms with E-state index in [1.807, 2.05) is 249 Å². The van der Waals surface area contributed by atoms with E-state index in [1.165, 1.54) is 64.1 Å². The molecule has 0 saturated carbocycles. The molecule has 0 aliphatic rings. The van der Waals surface area contributed by atoms with Crippen molar-refractivity contribution in [2.75, 3.05) is 0 Å². The summed E-state index contributed by atoms with van der Waals surface area (Å²) in [6.07, 6.45) is 18.7. The van der Waals surface area contributed by atoms with Crippen LogP contribution in [-0.2, 0) is 0 Å². The standard InChI is InChI=1S/C24H21N3.C20H16N6.C20H16S3.C14H10N2O.C14H10N2S.C5H7N3.C4H6N2O.C4H4N2.6C2H6/c1-16-4-10-19(11-5-16)22-25-23(20-12-6-17(2)7-13-20)27-24(26-22)21-14-8-18(3)9-15-21;1-13-9-23-19(24-10-13)16-6-15(18-21-4-3-5-22-18)7-17(8-16)20-25-11-14(2)12-26-20;1-13-5-7-19(22-13)16-10-15(18-4-3-9-21-18)11-17(12-16)20-8-6-14(2)23-20;2*1-3-7-11(8-4-1)13-15-16-14(17-13)12-9-5-2-6-10-12;1-4-6-3-7-5(2)8-4;1-3-5-6-4(2)7-3;1-2-6-4-3-5-1;6*1-2/h4-15H,1-3H3;3-12H,1-2H3;3-12H,1-2H3;2*1-10H;3H,1-2H3;1-2H3;1-4H;6*1-2H3. The van der Waals surface area contributed by atoms with E-state index in [0.29, 0.717) is 58.5 Å². The Bertz CT molecular complexity index is 6510. The highest BCUT2D eigenvalue weighted by atomic mass is 32.1. The molecule has 0 spiro atoms. The maximum absolute atomic E-state index is 5.63. The van der Waals surface area contributed by atoms with Gasteiger partial charge in [0, 0.05) is 156 Å². The molecule has 0 bridgehead atoms. The van der Waals surface area contributed by atoms with Crippen LogP contribution >= 0.6 is 45.3 Å². The molecule has 0 amide bonds. The van der Waals surface area contributed by atoms with Gasteiger partial charge in [-0.3, -0.25) is 9.97 Å². The zero-order valence-electron chi connectivity index (χ0n) is 85.8. The Morgan fingerprint density at radius 2 is 0.538 bits per heavy atom. The molecule has 9 aromatic carbocycles. The first kappa shape index (κ1) is 113. The van der Waals surface area contributed by atoms with E-state index in [1.54, 1.807) is 105 Å². The third-order valence-corrected chi connectivity index (χ3v) is 23.1. The minimum atomic E-state index is 0.546. The number of nitrogens with zero attached hydrogens (tertiary/aromatic N) is 20. The van der Waals surface area contributed by atoms with Crippen molar-refractivity contribution in [2.24, 2.45) is 0 Å². The van der Waals surface area contributed by atoms with Crippen LogP contribution in [0.3, 0.4) is 0 Å². The molecule has 21 rings (SSSR count). The van der Waals surface area contributed by atoms with Gasteiger partial charge in [-0.1, -0.05) is 287 Å². The molecule has 22 nitrogen and oxygen atoms in total. The average molecular weight is 1970 g/mol. The number of aromatic nitrogens is 20. The van der Waals surface area contributed by atoms with Gasteiger partial charge in [0.05, 0.1) is 0 Å². The van der Waals surface area contributed by atoms with Crippen molar-refractivity contribution in [2.45, 2.75) is 159 Å². The Morgan fingerprint density at radius 3 is 0.825 bits per heavy atom. The Morgan fingerprint density at radius 1 is 0.217 bits per heavy atom. The van der Waals surface area contributed by atoms with Crippen molar-refractivity contribution in [1.29, 1.82) is 0 Å². The van der Waals surface area contributed by atoms with Crippen molar-refractivity contribution in [3.8, 4) is 144 Å². The summed E-state index contributed by atoms with van der Waals surface area (Å²) in [5.74, 6) is 7.88. The minimum absolute atomic E-state index is 0.546. The highest BCUT2D eigenvalue weighted by Gasteiger charge is 2.17. The van der Waals surface area contributed by atoms with Crippen LogP contribution in [0.1, 0.15) is 144 Å². The molecule has 26 heteroatoms. The lowest BCUT2D eigenvalue weighted by Crippen LogP contribution is -2.00. The highest BCUT2D eigenvalue weighted by Crippen LogP contribution is 2.40. The van der Waals surface area contributed by atoms with Crippen molar-refractivity contribution in [1.82, 2.24) is 100 Å². The fourth-order valence-corrected chi connectivity index (χ4v) is 15.7. The van der Waals surface area contributed by atoms with E-state index in [-0.39, 0.29) is 0 Å². The Hall–Kier alpha value is -15.7. The van der Waals surface area contributed by atoms with Gasteiger partial charge in [0.1, 0.15) is 28.0 Å². The smallest absolute Gasteiger partial charge is 0.248 e. The summed E-state index contributed by atoms with van der Waals surface area (Å²) in [5.41, 5.74) is 19.3. The van der Waals surface area contributed by atoms with Crippen molar-refractivity contribution in [3.05, 3.63) is 408 Å². The Labute approximate surface area is 858 Å². The molecular weight excluding hydrogens is 1850 g/mol. The van der Waals surface area contributed by atoms with Gasteiger partial charge in [0.2, 0.25) is 23.6 Å². The molecule has 0 unspecified atom stereocenters. The van der Waals surface area contributed by atoms with Crippen LogP contribution in [0.25, 0.3) is 144 Å². The van der Waals surface area contributed by atoms with Crippen molar-refractivity contribution in [3.63, 3.8) is 0 Å². The predicted octanol–water partition coefficient (Wildman–Crippen LogP) is 32.0. The first-order valence-corrected chi connectivity index (χ1v) is 51.0. The van der Waals surface area contributed by atoms with E-state index in [0.717, 1.165) is 88.4 Å². The lowest BCUT2D eigenvalue weighted by molar-refractivity contribution is 0.489. The minimum Gasteiger partial charge on any atom is -0.426 e. The maximum atomic E-state index is 5.63. The summed E-state index contributed by atoms with van der Waals surface area (Å²) in [7, 11) is 0. The Kier molecular flexibility index (Phi) is 49.1. The number of aryl methyl sites for hydroxylation is 11. The zero-order chi connectivity index (χ0) is 103. The topological polar surface area (TPSA) is 284 Å². The van der Waals surface area contributed by atoms with Crippen LogP contribution in [0, 0.1) is 76.2 Å². The molecule has 0 atom stereocenters. The van der Waals surface area contributed by atoms with Gasteiger partial charge in [0.15, 0.2) is 34.9 Å². The molecule has 143 heavy (non-hydrogen) atoms. The first-order valence-electron chi connectivity index (χ1n) is 47.7. The van der Waals surface area contributed by atoms with Gasteiger partial charge < -0.3 is 8.83 Å². The van der Waals surface area contributed by atoms with E-state index < -0.39 is 0 Å². The van der Waals surface area contributed by atoms with E-state index in [9.17, 15) is 0 Å². The number of rotatable bonds is 13. The zero-order valence-corrected chi connectivity index (χ0v) is 89.1.